The van der Waals surface area contributed by atoms with Crippen molar-refractivity contribution in [3.05, 3.63) is 54.6 Å². The maximum Gasteiger partial charge on any atom is 0.573 e. The predicted octanol–water partition coefficient (Wildman–Crippen LogP) is 4.38. The third-order valence-electron chi connectivity index (χ3n) is 3.13. The first kappa shape index (κ1) is 14.2. The minimum atomic E-state index is -4.78. The largest absolute Gasteiger partial charge is 0.573 e. The van der Waals surface area contributed by atoms with E-state index in [1.54, 1.807) is 24.3 Å². The molecule has 0 saturated heterocycles. The lowest BCUT2D eigenvalue weighted by atomic mass is 10.1. The van der Waals surface area contributed by atoms with Gasteiger partial charge in [-0.15, -0.1) is 13.2 Å². The lowest BCUT2D eigenvalue weighted by Crippen LogP contribution is -2.17. The fraction of sp³-hybridized carbons (Fsp3) is 0.0625. The number of nitrogen functional groups attached to an aromatic ring is 1. The number of para-hydroxylation sites is 1. The third-order valence-corrected chi connectivity index (χ3v) is 3.13. The molecule has 0 fully saturated rings. The number of anilines is 1. The third kappa shape index (κ3) is 2.81. The van der Waals surface area contributed by atoms with Crippen molar-refractivity contribution in [1.29, 1.82) is 0 Å². The van der Waals surface area contributed by atoms with Crippen LogP contribution in [-0.2, 0) is 0 Å². The number of nitrogens with zero attached hydrogens (tertiary/aromatic N) is 1. The highest BCUT2D eigenvalue weighted by Crippen LogP contribution is 2.34. The highest BCUT2D eigenvalue weighted by atomic mass is 19.4. The number of benzene rings is 2. The average Bonchev–Trinajstić information content (AvgIpc) is 2.47. The molecule has 0 aliphatic rings. The van der Waals surface area contributed by atoms with Gasteiger partial charge in [0, 0.05) is 16.6 Å². The molecular weight excluding hydrogens is 293 g/mol. The summed E-state index contributed by atoms with van der Waals surface area (Å²) in [5, 5.41) is 0.418. The number of aromatic nitrogens is 1. The second-order valence-corrected chi connectivity index (χ2v) is 4.66. The maximum absolute atomic E-state index is 12.5. The Bertz CT molecular complexity index is 817. The zero-order chi connectivity index (χ0) is 15.7. The summed E-state index contributed by atoms with van der Waals surface area (Å²) < 4.78 is 41.6. The lowest BCUT2D eigenvalue weighted by Gasteiger charge is -2.13. The fourth-order valence-electron chi connectivity index (χ4n) is 2.21. The molecule has 22 heavy (non-hydrogen) atoms. The molecule has 3 rings (SSSR count). The van der Waals surface area contributed by atoms with Gasteiger partial charge >= 0.3 is 6.36 Å². The van der Waals surface area contributed by atoms with Crippen molar-refractivity contribution in [2.75, 3.05) is 5.73 Å². The zero-order valence-corrected chi connectivity index (χ0v) is 11.3. The molecule has 0 spiro atoms. The number of pyridine rings is 1. The van der Waals surface area contributed by atoms with Gasteiger partial charge in [-0.2, -0.15) is 0 Å². The van der Waals surface area contributed by atoms with Crippen molar-refractivity contribution in [3.8, 4) is 17.0 Å². The van der Waals surface area contributed by atoms with Crippen LogP contribution in [0.2, 0.25) is 0 Å². The number of fused-ring (bicyclic) bond motifs is 1. The summed E-state index contributed by atoms with van der Waals surface area (Å²) in [6, 6.07) is 15.0. The van der Waals surface area contributed by atoms with Crippen LogP contribution in [-0.4, -0.2) is 11.3 Å². The van der Waals surface area contributed by atoms with E-state index in [-0.39, 0.29) is 11.3 Å². The summed E-state index contributed by atoms with van der Waals surface area (Å²) in [6.07, 6.45) is -4.78. The quantitative estimate of drug-likeness (QED) is 0.764. The number of hydrogen-bond donors (Lipinski definition) is 1. The van der Waals surface area contributed by atoms with Crippen molar-refractivity contribution in [3.63, 3.8) is 0 Å². The molecule has 0 bridgehead atoms. The summed E-state index contributed by atoms with van der Waals surface area (Å²) in [5.74, 6) is -0.366. The van der Waals surface area contributed by atoms with Crippen molar-refractivity contribution >= 4 is 16.6 Å². The van der Waals surface area contributed by atoms with Gasteiger partial charge in [-0.1, -0.05) is 42.5 Å². The van der Waals surface area contributed by atoms with Gasteiger partial charge < -0.3 is 10.5 Å². The predicted molar refractivity (Wildman–Crippen MR) is 78.3 cm³/mol. The number of ether oxygens (including phenoxy) is 1. The Kier molecular flexibility index (Phi) is 3.36. The number of halogens is 3. The van der Waals surface area contributed by atoms with Crippen molar-refractivity contribution in [2.24, 2.45) is 0 Å². The average molecular weight is 304 g/mol. The molecule has 0 unspecified atom stereocenters. The smallest absolute Gasteiger partial charge is 0.403 e. The van der Waals surface area contributed by atoms with Gasteiger partial charge in [0.1, 0.15) is 5.52 Å². The van der Waals surface area contributed by atoms with Crippen LogP contribution in [0.1, 0.15) is 0 Å². The minimum Gasteiger partial charge on any atom is -0.403 e. The molecule has 0 saturated carbocycles. The monoisotopic (exact) mass is 304 g/mol. The number of alkyl halides is 3. The van der Waals surface area contributed by atoms with Crippen LogP contribution in [0.4, 0.5) is 18.9 Å². The van der Waals surface area contributed by atoms with Crippen molar-refractivity contribution in [1.82, 2.24) is 4.98 Å². The summed E-state index contributed by atoms with van der Waals surface area (Å²) in [5.41, 5.74) is 7.63. The molecule has 112 valence electrons. The van der Waals surface area contributed by atoms with E-state index in [4.69, 9.17) is 5.73 Å². The normalized spacial score (nSPS) is 11.6. The van der Waals surface area contributed by atoms with Crippen LogP contribution < -0.4 is 10.5 Å². The Morgan fingerprint density at radius 1 is 0.955 bits per heavy atom. The molecular formula is C16H11F3N2O. The van der Waals surface area contributed by atoms with Crippen LogP contribution in [0.15, 0.2) is 54.6 Å². The zero-order valence-electron chi connectivity index (χ0n) is 11.3. The van der Waals surface area contributed by atoms with Gasteiger partial charge in [-0.3, -0.25) is 0 Å². The van der Waals surface area contributed by atoms with Crippen LogP contribution in [0.25, 0.3) is 22.2 Å². The van der Waals surface area contributed by atoms with Gasteiger partial charge in [-0.25, -0.2) is 4.98 Å². The standard InChI is InChI=1S/C16H11F3N2O/c17-16(18,19)22-14-8-4-7-11-12(20)9-13(21-15(11)14)10-5-2-1-3-6-10/h1-9H,(H2,20,21). The molecule has 0 radical (unpaired) electrons. The van der Waals surface area contributed by atoms with Crippen LogP contribution in [0.3, 0.4) is 0 Å². The Balaban J connectivity index is 2.21. The van der Waals surface area contributed by atoms with Gasteiger partial charge in [0.25, 0.3) is 0 Å². The molecule has 0 aliphatic heterocycles. The van der Waals surface area contributed by atoms with Crippen LogP contribution >= 0.6 is 0 Å². The van der Waals surface area contributed by atoms with E-state index in [0.29, 0.717) is 16.8 Å². The second kappa shape index (κ2) is 5.22. The van der Waals surface area contributed by atoms with E-state index in [2.05, 4.69) is 9.72 Å². The van der Waals surface area contributed by atoms with Gasteiger partial charge in [0.15, 0.2) is 5.75 Å². The Labute approximate surface area is 124 Å². The molecule has 1 heterocycles. The molecule has 2 aromatic carbocycles. The molecule has 0 amide bonds. The molecule has 0 atom stereocenters. The van der Waals surface area contributed by atoms with Crippen LogP contribution in [0.5, 0.6) is 5.75 Å². The van der Waals surface area contributed by atoms with E-state index in [1.807, 2.05) is 18.2 Å². The lowest BCUT2D eigenvalue weighted by molar-refractivity contribution is -0.274. The van der Waals surface area contributed by atoms with E-state index in [0.717, 1.165) is 5.56 Å². The molecule has 2 N–H and O–H groups in total. The molecule has 3 aromatic rings. The van der Waals surface area contributed by atoms with Crippen molar-refractivity contribution < 1.29 is 17.9 Å². The first-order valence-electron chi connectivity index (χ1n) is 6.44. The fourth-order valence-corrected chi connectivity index (χ4v) is 2.21. The summed E-state index contributed by atoms with van der Waals surface area (Å²) in [4.78, 5) is 4.29. The topological polar surface area (TPSA) is 48.1 Å². The number of nitrogens with two attached hydrogens (primary N) is 1. The van der Waals surface area contributed by atoms with Gasteiger partial charge in [0.05, 0.1) is 5.69 Å². The van der Waals surface area contributed by atoms with E-state index in [1.165, 1.54) is 12.1 Å². The SMILES string of the molecule is Nc1cc(-c2ccccc2)nc2c(OC(F)(F)F)cccc12. The van der Waals surface area contributed by atoms with E-state index < -0.39 is 6.36 Å². The number of rotatable bonds is 2. The maximum atomic E-state index is 12.5. The first-order valence-corrected chi connectivity index (χ1v) is 6.44. The van der Waals surface area contributed by atoms with Gasteiger partial charge in [-0.05, 0) is 12.1 Å². The molecule has 6 heteroatoms. The molecule has 1 aromatic heterocycles. The Morgan fingerprint density at radius 2 is 1.68 bits per heavy atom. The highest BCUT2D eigenvalue weighted by Gasteiger charge is 2.32. The van der Waals surface area contributed by atoms with Crippen molar-refractivity contribution in [2.45, 2.75) is 6.36 Å². The molecule has 0 aliphatic carbocycles. The first-order chi connectivity index (χ1) is 10.4. The highest BCUT2D eigenvalue weighted by molar-refractivity contribution is 5.96. The van der Waals surface area contributed by atoms with Gasteiger partial charge in [0.2, 0.25) is 0 Å². The minimum absolute atomic E-state index is 0.0821. The van der Waals surface area contributed by atoms with E-state index in [9.17, 15) is 13.2 Å². The van der Waals surface area contributed by atoms with Crippen LogP contribution in [0, 0.1) is 0 Å². The summed E-state index contributed by atoms with van der Waals surface area (Å²) in [6.45, 7) is 0. The Hall–Kier alpha value is -2.76. The Morgan fingerprint density at radius 3 is 2.36 bits per heavy atom. The second-order valence-electron chi connectivity index (χ2n) is 4.66. The van der Waals surface area contributed by atoms with E-state index >= 15 is 0 Å². The molecule has 3 nitrogen and oxygen atoms in total. The number of hydrogen-bond acceptors (Lipinski definition) is 3. The summed E-state index contributed by atoms with van der Waals surface area (Å²) in [7, 11) is 0. The summed E-state index contributed by atoms with van der Waals surface area (Å²) >= 11 is 0.